The molecule has 0 bridgehead atoms. The number of hydrogen-bond donors (Lipinski definition) is 1. The topological polar surface area (TPSA) is 42.4 Å². The Hall–Kier alpha value is -1.29. The molecule has 0 saturated carbocycles. The van der Waals surface area contributed by atoms with Crippen molar-refractivity contribution in [3.63, 3.8) is 0 Å². The normalized spacial score (nSPS) is 12.2. The van der Waals surface area contributed by atoms with Crippen LogP contribution < -0.4 is 4.74 Å². The van der Waals surface area contributed by atoms with Crippen LogP contribution in [-0.2, 0) is 6.42 Å². The van der Waals surface area contributed by atoms with Gasteiger partial charge in [-0.2, -0.15) is 0 Å². The van der Waals surface area contributed by atoms with E-state index in [0.717, 1.165) is 5.56 Å². The lowest BCUT2D eigenvalue weighted by molar-refractivity contribution is 0.172. The van der Waals surface area contributed by atoms with E-state index >= 15 is 0 Å². The molecule has 0 saturated heterocycles. The molecule has 0 radical (unpaired) electrons. The number of ether oxygens (including phenoxy) is 1. The van der Waals surface area contributed by atoms with E-state index in [4.69, 9.17) is 27.9 Å². The maximum Gasteiger partial charge on any atom is 0.213 e. The number of hydrogen-bond acceptors (Lipinski definition) is 3. The van der Waals surface area contributed by atoms with Crippen LogP contribution in [0.4, 0.5) is 0 Å². The Labute approximate surface area is 121 Å². The highest BCUT2D eigenvalue weighted by atomic mass is 35.5. The van der Waals surface area contributed by atoms with Gasteiger partial charge in [0.1, 0.15) is 6.10 Å². The summed E-state index contributed by atoms with van der Waals surface area (Å²) in [6, 6.07) is 10.6. The largest absolute Gasteiger partial charge is 0.481 e. The maximum absolute atomic E-state index is 10.2. The SMILES string of the molecule is COc1cccc(C(O)Cc2cccc(Cl)c2Cl)n1. The molecule has 0 fully saturated rings. The van der Waals surface area contributed by atoms with E-state index in [0.29, 0.717) is 28.0 Å². The van der Waals surface area contributed by atoms with Crippen LogP contribution in [-0.4, -0.2) is 17.2 Å². The number of methoxy groups -OCH3 is 1. The fraction of sp³-hybridized carbons (Fsp3) is 0.214. The fourth-order valence-corrected chi connectivity index (χ4v) is 2.15. The van der Waals surface area contributed by atoms with E-state index in [-0.39, 0.29) is 0 Å². The van der Waals surface area contributed by atoms with Gasteiger partial charge in [0.15, 0.2) is 0 Å². The molecule has 1 unspecified atom stereocenters. The van der Waals surface area contributed by atoms with Crippen molar-refractivity contribution in [3.8, 4) is 5.88 Å². The molecule has 1 atom stereocenters. The van der Waals surface area contributed by atoms with Crippen molar-refractivity contribution in [2.75, 3.05) is 7.11 Å². The van der Waals surface area contributed by atoms with Gasteiger partial charge in [-0.1, -0.05) is 41.4 Å². The summed E-state index contributed by atoms with van der Waals surface area (Å²) in [5, 5.41) is 11.1. The van der Waals surface area contributed by atoms with Crippen LogP contribution in [0.15, 0.2) is 36.4 Å². The van der Waals surface area contributed by atoms with E-state index in [9.17, 15) is 5.11 Å². The minimum Gasteiger partial charge on any atom is -0.481 e. The van der Waals surface area contributed by atoms with Gasteiger partial charge >= 0.3 is 0 Å². The zero-order valence-electron chi connectivity index (χ0n) is 10.3. The average Bonchev–Trinajstić information content (AvgIpc) is 2.44. The Morgan fingerprint density at radius 1 is 1.21 bits per heavy atom. The Kier molecular flexibility index (Phi) is 4.64. The van der Waals surface area contributed by atoms with Gasteiger partial charge in [-0.15, -0.1) is 0 Å². The summed E-state index contributed by atoms with van der Waals surface area (Å²) < 4.78 is 5.03. The second-order valence-electron chi connectivity index (χ2n) is 4.04. The first kappa shape index (κ1) is 14.1. The number of aliphatic hydroxyl groups excluding tert-OH is 1. The molecule has 2 aromatic rings. The van der Waals surface area contributed by atoms with Gasteiger partial charge in [-0.05, 0) is 17.7 Å². The van der Waals surface area contributed by atoms with Crippen LogP contribution in [0.5, 0.6) is 5.88 Å². The third kappa shape index (κ3) is 3.38. The first-order valence-corrected chi connectivity index (χ1v) is 6.49. The molecule has 1 aromatic heterocycles. The van der Waals surface area contributed by atoms with Gasteiger partial charge in [0.05, 0.1) is 22.8 Å². The standard InChI is InChI=1S/C14H13Cl2NO2/c1-19-13-7-3-6-11(17-13)12(18)8-9-4-2-5-10(15)14(9)16/h2-7,12,18H,8H2,1H3. The first-order valence-electron chi connectivity index (χ1n) is 5.73. The molecule has 0 aliphatic carbocycles. The number of rotatable bonds is 4. The van der Waals surface area contributed by atoms with Crippen LogP contribution in [0.2, 0.25) is 10.0 Å². The van der Waals surface area contributed by atoms with Crippen molar-refractivity contribution in [2.45, 2.75) is 12.5 Å². The van der Waals surface area contributed by atoms with Gasteiger partial charge < -0.3 is 9.84 Å². The van der Waals surface area contributed by atoms with Crippen LogP contribution in [0, 0.1) is 0 Å². The van der Waals surface area contributed by atoms with Crippen LogP contribution in [0.3, 0.4) is 0 Å². The van der Waals surface area contributed by atoms with Crippen LogP contribution in [0.1, 0.15) is 17.4 Å². The highest BCUT2D eigenvalue weighted by molar-refractivity contribution is 6.42. The number of pyridine rings is 1. The average molecular weight is 298 g/mol. The fourth-order valence-electron chi connectivity index (χ4n) is 1.75. The quantitative estimate of drug-likeness (QED) is 0.936. The van der Waals surface area contributed by atoms with Gasteiger partial charge in [0, 0.05) is 12.5 Å². The Morgan fingerprint density at radius 3 is 2.68 bits per heavy atom. The summed E-state index contributed by atoms with van der Waals surface area (Å²) in [7, 11) is 1.53. The molecule has 1 aromatic carbocycles. The highest BCUT2D eigenvalue weighted by Gasteiger charge is 2.14. The van der Waals surface area contributed by atoms with Crippen molar-refractivity contribution >= 4 is 23.2 Å². The van der Waals surface area contributed by atoms with Gasteiger partial charge in [0.25, 0.3) is 0 Å². The summed E-state index contributed by atoms with van der Waals surface area (Å²) in [6.07, 6.45) is -0.411. The summed E-state index contributed by atoms with van der Waals surface area (Å²) in [6.45, 7) is 0. The Bertz CT molecular complexity index is 575. The van der Waals surface area contributed by atoms with E-state index in [1.54, 1.807) is 30.3 Å². The van der Waals surface area contributed by atoms with Crippen molar-refractivity contribution in [2.24, 2.45) is 0 Å². The van der Waals surface area contributed by atoms with Crippen molar-refractivity contribution in [1.82, 2.24) is 4.98 Å². The number of halogens is 2. The summed E-state index contributed by atoms with van der Waals surface area (Å²) in [5.41, 5.74) is 1.32. The van der Waals surface area contributed by atoms with Crippen molar-refractivity contribution < 1.29 is 9.84 Å². The van der Waals surface area contributed by atoms with E-state index < -0.39 is 6.10 Å². The number of aromatic nitrogens is 1. The molecule has 5 heteroatoms. The molecule has 0 aliphatic rings. The molecule has 1 heterocycles. The summed E-state index contributed by atoms with van der Waals surface area (Å²) >= 11 is 12.0. The molecule has 100 valence electrons. The van der Waals surface area contributed by atoms with Crippen LogP contribution in [0.25, 0.3) is 0 Å². The number of nitrogens with zero attached hydrogens (tertiary/aromatic N) is 1. The molecular formula is C14H13Cl2NO2. The first-order chi connectivity index (χ1) is 9.11. The zero-order valence-corrected chi connectivity index (χ0v) is 11.8. The Morgan fingerprint density at radius 2 is 1.95 bits per heavy atom. The van der Waals surface area contributed by atoms with Gasteiger partial charge in [-0.3, -0.25) is 0 Å². The second kappa shape index (κ2) is 6.24. The molecule has 2 rings (SSSR count). The minimum atomic E-state index is -0.758. The lowest BCUT2D eigenvalue weighted by Gasteiger charge is -2.12. The smallest absolute Gasteiger partial charge is 0.213 e. The predicted molar refractivity (Wildman–Crippen MR) is 75.9 cm³/mol. The van der Waals surface area contributed by atoms with Crippen LogP contribution >= 0.6 is 23.2 Å². The molecule has 0 spiro atoms. The molecule has 19 heavy (non-hydrogen) atoms. The monoisotopic (exact) mass is 297 g/mol. The van der Waals surface area contributed by atoms with Gasteiger partial charge in [-0.25, -0.2) is 4.98 Å². The zero-order chi connectivity index (χ0) is 13.8. The molecule has 0 aliphatic heterocycles. The molecule has 1 N–H and O–H groups in total. The van der Waals surface area contributed by atoms with E-state index in [1.165, 1.54) is 7.11 Å². The Balaban J connectivity index is 2.20. The van der Waals surface area contributed by atoms with E-state index in [1.807, 2.05) is 6.07 Å². The lowest BCUT2D eigenvalue weighted by Crippen LogP contribution is -2.05. The third-order valence-electron chi connectivity index (χ3n) is 2.74. The lowest BCUT2D eigenvalue weighted by atomic mass is 10.1. The minimum absolute atomic E-state index is 0.347. The van der Waals surface area contributed by atoms with Crippen molar-refractivity contribution in [3.05, 3.63) is 57.7 Å². The second-order valence-corrected chi connectivity index (χ2v) is 4.82. The predicted octanol–water partition coefficient (Wildman–Crippen LogP) is 3.67. The summed E-state index contributed by atoms with van der Waals surface area (Å²) in [5.74, 6) is 0.466. The summed E-state index contributed by atoms with van der Waals surface area (Å²) in [4.78, 5) is 4.19. The number of benzene rings is 1. The molecule has 0 amide bonds. The maximum atomic E-state index is 10.2. The number of aliphatic hydroxyl groups is 1. The molecular weight excluding hydrogens is 285 g/mol. The molecule has 3 nitrogen and oxygen atoms in total. The van der Waals surface area contributed by atoms with Gasteiger partial charge in [0.2, 0.25) is 5.88 Å². The van der Waals surface area contributed by atoms with Crippen molar-refractivity contribution in [1.29, 1.82) is 0 Å². The van der Waals surface area contributed by atoms with E-state index in [2.05, 4.69) is 4.98 Å². The highest BCUT2D eigenvalue weighted by Crippen LogP contribution is 2.29. The third-order valence-corrected chi connectivity index (χ3v) is 3.60.